The van der Waals surface area contributed by atoms with Crippen LogP contribution in [0.2, 0.25) is 0 Å². The van der Waals surface area contributed by atoms with Gasteiger partial charge in [0.2, 0.25) is 0 Å². The summed E-state index contributed by atoms with van der Waals surface area (Å²) in [7, 11) is 1.69. The second-order valence-electron chi connectivity index (χ2n) is 13.3. The van der Waals surface area contributed by atoms with Gasteiger partial charge in [0.1, 0.15) is 0 Å². The molecule has 7 heteroatoms. The van der Waals surface area contributed by atoms with Crippen molar-refractivity contribution in [2.45, 2.75) is 97.0 Å². The van der Waals surface area contributed by atoms with Crippen molar-refractivity contribution in [3.8, 4) is 0 Å². The van der Waals surface area contributed by atoms with E-state index in [-0.39, 0.29) is 34.8 Å². The van der Waals surface area contributed by atoms with Gasteiger partial charge in [-0.1, -0.05) is 27.7 Å². The van der Waals surface area contributed by atoms with Crippen LogP contribution in [0.15, 0.2) is 23.5 Å². The maximum atomic E-state index is 12.7. The highest BCUT2D eigenvalue weighted by Crippen LogP contribution is 2.48. The molecule has 0 radical (unpaired) electrons. The molecule has 7 unspecified atom stereocenters. The molecule has 5 N–H and O–H groups in total. The van der Waals surface area contributed by atoms with E-state index in [0.717, 1.165) is 54.9 Å². The number of methoxy groups -OCH3 is 1. The number of hydrogen-bond donors (Lipinski definition) is 5. The van der Waals surface area contributed by atoms with E-state index < -0.39 is 0 Å². The molecule has 7 nitrogen and oxygen atoms in total. The highest BCUT2D eigenvalue weighted by molar-refractivity contribution is 5.98. The number of fused-ring (bicyclic) bond motifs is 8. The van der Waals surface area contributed by atoms with Gasteiger partial charge in [0.05, 0.1) is 24.6 Å². The lowest BCUT2D eigenvalue weighted by atomic mass is 9.79. The van der Waals surface area contributed by atoms with Gasteiger partial charge in [-0.25, -0.2) is 0 Å². The standard InChI is InChI=1S/C29H42N4O3/c1-14(34)17-7-15-9-23-28(2,3)12-20(32-23)18-11-22(35)19-8-16(30-25(18)19)10-24-29(4,5)13-21(33-24)27(36-6)26(17)31-15/h7,10,16,18-20,22-23,25,30-33,35H,8-9,11-13H2,1-6H3. The van der Waals surface area contributed by atoms with E-state index in [1.54, 1.807) is 14.0 Å². The number of nitrogens with one attached hydrogen (secondary N) is 4. The minimum atomic E-state index is -0.247. The minimum Gasteiger partial charge on any atom is -0.493 e. The van der Waals surface area contributed by atoms with Crippen molar-refractivity contribution in [2.24, 2.45) is 22.7 Å². The number of Topliss-reactive ketones (excluding diaryl/α,β-unsaturated/α-hetero) is 1. The van der Waals surface area contributed by atoms with Gasteiger partial charge in [0.25, 0.3) is 0 Å². The second kappa shape index (κ2) is 8.20. The highest BCUT2D eigenvalue weighted by atomic mass is 16.5. The van der Waals surface area contributed by atoms with Crippen LogP contribution in [0, 0.1) is 22.7 Å². The van der Waals surface area contributed by atoms with Crippen molar-refractivity contribution in [2.75, 3.05) is 7.11 Å². The van der Waals surface area contributed by atoms with E-state index in [9.17, 15) is 9.90 Å². The van der Waals surface area contributed by atoms with Crippen LogP contribution in [0.3, 0.4) is 0 Å². The van der Waals surface area contributed by atoms with Crippen LogP contribution in [0.4, 0.5) is 0 Å². The molecule has 0 spiro atoms. The van der Waals surface area contributed by atoms with Gasteiger partial charge in [-0.15, -0.1) is 0 Å². The van der Waals surface area contributed by atoms with Crippen LogP contribution < -0.4 is 16.0 Å². The van der Waals surface area contributed by atoms with Crippen LogP contribution in [0.25, 0.3) is 5.76 Å². The third-order valence-corrected chi connectivity index (χ3v) is 9.87. The molecule has 4 fully saturated rings. The fraction of sp³-hybridized carbons (Fsp3) is 0.690. The number of rotatable bonds is 2. The maximum absolute atomic E-state index is 12.7. The maximum Gasteiger partial charge on any atom is 0.162 e. The first-order valence-electron chi connectivity index (χ1n) is 13.7. The first kappa shape index (κ1) is 24.3. The molecule has 7 atom stereocenters. The lowest BCUT2D eigenvalue weighted by Gasteiger charge is -2.27. The molecule has 1 aromatic rings. The number of aromatic nitrogens is 1. The summed E-state index contributed by atoms with van der Waals surface area (Å²) in [5.41, 5.74) is 4.73. The molecule has 6 rings (SSSR count). The van der Waals surface area contributed by atoms with Crippen LogP contribution in [-0.4, -0.2) is 53.3 Å². The zero-order valence-electron chi connectivity index (χ0n) is 22.5. The Morgan fingerprint density at radius 2 is 1.92 bits per heavy atom. The first-order chi connectivity index (χ1) is 17.0. The topological polar surface area (TPSA) is 98.4 Å². The fourth-order valence-electron chi connectivity index (χ4n) is 7.90. The van der Waals surface area contributed by atoms with Crippen molar-refractivity contribution in [3.05, 3.63) is 40.5 Å². The summed E-state index contributed by atoms with van der Waals surface area (Å²) in [6.45, 7) is 10.8. The number of ether oxygens (including phenoxy) is 1. The Kier molecular flexibility index (Phi) is 5.53. The Hall–Kier alpha value is -2.09. The fourth-order valence-corrected chi connectivity index (χ4v) is 7.90. The van der Waals surface area contributed by atoms with Gasteiger partial charge >= 0.3 is 0 Å². The lowest BCUT2D eigenvalue weighted by Crippen LogP contribution is -2.45. The molecule has 36 heavy (non-hydrogen) atoms. The van der Waals surface area contributed by atoms with Crippen molar-refractivity contribution in [1.29, 1.82) is 0 Å². The van der Waals surface area contributed by atoms with Gasteiger partial charge in [0.15, 0.2) is 11.5 Å². The van der Waals surface area contributed by atoms with E-state index in [0.29, 0.717) is 29.5 Å². The Balaban J connectivity index is 1.48. The number of carbonyl (C=O) groups is 1. The van der Waals surface area contributed by atoms with Crippen molar-refractivity contribution in [3.63, 3.8) is 0 Å². The summed E-state index contributed by atoms with van der Waals surface area (Å²) in [5, 5.41) is 22.6. The van der Waals surface area contributed by atoms with E-state index in [4.69, 9.17) is 4.74 Å². The highest BCUT2D eigenvalue weighted by Gasteiger charge is 2.54. The molecule has 1 aliphatic carbocycles. The monoisotopic (exact) mass is 494 g/mol. The quantitative estimate of drug-likeness (QED) is 0.404. The van der Waals surface area contributed by atoms with Gasteiger partial charge in [-0.2, -0.15) is 0 Å². The molecule has 5 heterocycles. The normalized spacial score (nSPS) is 38.2. The molecule has 3 saturated heterocycles. The molecule has 196 valence electrons. The van der Waals surface area contributed by atoms with Crippen molar-refractivity contribution in [1.82, 2.24) is 20.9 Å². The second-order valence-corrected chi connectivity index (χ2v) is 13.3. The summed E-state index contributed by atoms with van der Waals surface area (Å²) in [6.07, 6.45) is 6.63. The van der Waals surface area contributed by atoms with Gasteiger partial charge in [0, 0.05) is 65.3 Å². The zero-order valence-corrected chi connectivity index (χ0v) is 22.5. The Morgan fingerprint density at radius 3 is 2.64 bits per heavy atom. The van der Waals surface area contributed by atoms with Crippen LogP contribution in [0.5, 0.6) is 0 Å². The summed E-state index contributed by atoms with van der Waals surface area (Å²) in [6, 6.07) is 3.23. The number of ketones is 1. The molecule has 4 aliphatic heterocycles. The molecule has 1 saturated carbocycles. The van der Waals surface area contributed by atoms with E-state index in [1.165, 1.54) is 5.70 Å². The molecule has 8 bridgehead atoms. The third-order valence-electron chi connectivity index (χ3n) is 9.87. The lowest BCUT2D eigenvalue weighted by molar-refractivity contribution is 0.101. The van der Waals surface area contributed by atoms with Crippen LogP contribution in [0.1, 0.15) is 82.0 Å². The number of aliphatic hydroxyl groups is 1. The summed E-state index contributed by atoms with van der Waals surface area (Å²) < 4.78 is 5.97. The first-order valence-corrected chi connectivity index (χ1v) is 13.7. The Bertz CT molecular complexity index is 1150. The van der Waals surface area contributed by atoms with E-state index >= 15 is 0 Å². The molecular weight excluding hydrogens is 452 g/mol. The molecular formula is C29H42N4O3. The Labute approximate surface area is 214 Å². The Morgan fingerprint density at radius 1 is 1.14 bits per heavy atom. The summed E-state index contributed by atoms with van der Waals surface area (Å²) in [4.78, 5) is 16.3. The smallest absolute Gasteiger partial charge is 0.162 e. The third kappa shape index (κ3) is 3.77. The number of aromatic amines is 1. The average Bonchev–Trinajstić information content (AvgIpc) is 3.56. The average molecular weight is 495 g/mol. The largest absolute Gasteiger partial charge is 0.493 e. The number of H-pyrrole nitrogens is 1. The van der Waals surface area contributed by atoms with Gasteiger partial charge < -0.3 is 30.8 Å². The molecule has 0 amide bonds. The minimum absolute atomic E-state index is 0.0394. The predicted molar refractivity (Wildman–Crippen MR) is 140 cm³/mol. The molecule has 5 aliphatic rings. The summed E-state index contributed by atoms with van der Waals surface area (Å²) in [5.74, 6) is 1.47. The van der Waals surface area contributed by atoms with Gasteiger partial charge in [-0.05, 0) is 49.7 Å². The predicted octanol–water partition coefficient (Wildman–Crippen LogP) is 3.48. The summed E-state index contributed by atoms with van der Waals surface area (Å²) >= 11 is 0. The van der Waals surface area contributed by atoms with Crippen LogP contribution >= 0.6 is 0 Å². The van der Waals surface area contributed by atoms with Gasteiger partial charge in [-0.3, -0.25) is 4.79 Å². The van der Waals surface area contributed by atoms with Crippen molar-refractivity contribution < 1.29 is 14.6 Å². The van der Waals surface area contributed by atoms with Crippen LogP contribution in [-0.2, 0) is 11.2 Å². The number of carbonyl (C=O) groups excluding carboxylic acids is 1. The van der Waals surface area contributed by atoms with Crippen molar-refractivity contribution >= 4 is 11.5 Å². The molecule has 1 aromatic heterocycles. The SMILES string of the molecule is COC1=C2CC(C)(C)C(=CC3CC4C(O)CC(C5CC(C)(C)C(Cc6cc(C(C)=O)c1[nH]6)N5)C4N3)N2. The zero-order chi connectivity index (χ0) is 25.6. The number of hydrogen-bond acceptors (Lipinski definition) is 6. The number of aliphatic hydroxyl groups excluding tert-OH is 1. The van der Waals surface area contributed by atoms with E-state index in [2.05, 4.69) is 54.7 Å². The number of allylic oxidation sites excluding steroid dienone is 2. The molecule has 0 aromatic carbocycles. The van der Waals surface area contributed by atoms with E-state index in [1.807, 2.05) is 6.07 Å².